The van der Waals surface area contributed by atoms with E-state index in [0.717, 1.165) is 35.2 Å². The second kappa shape index (κ2) is 13.7. The summed E-state index contributed by atoms with van der Waals surface area (Å²) in [6.45, 7) is 5.62. The van der Waals surface area contributed by atoms with Crippen LogP contribution in [-0.2, 0) is 4.79 Å². The molecule has 0 unspecified atom stereocenters. The molecule has 0 aromatic heterocycles. The molecule has 4 heteroatoms. The molecule has 4 saturated carbocycles. The first-order valence-electron chi connectivity index (χ1n) is 14.0. The largest absolute Gasteiger partial charge is 1.00 e. The molecule has 0 heterocycles. The van der Waals surface area contributed by atoms with Gasteiger partial charge in [0.15, 0.2) is 0 Å². The highest BCUT2D eigenvalue weighted by molar-refractivity contribution is 5.83. The summed E-state index contributed by atoms with van der Waals surface area (Å²) in [6, 6.07) is 0. The van der Waals surface area contributed by atoms with Gasteiger partial charge in [0.05, 0.1) is 27.2 Å². The van der Waals surface area contributed by atoms with Crippen molar-refractivity contribution in [2.45, 2.75) is 116 Å². The molecule has 188 valence electrons. The van der Waals surface area contributed by atoms with Gasteiger partial charge in [-0.15, -0.1) is 0 Å². The number of unbranched alkanes of at least 4 members (excludes halogenated alkanes) is 9. The molecule has 0 aromatic rings. The molecule has 1 N–H and O–H groups in total. The van der Waals surface area contributed by atoms with E-state index < -0.39 is 0 Å². The topological polar surface area (TPSA) is 29.1 Å². The van der Waals surface area contributed by atoms with E-state index in [4.69, 9.17) is 0 Å². The molecule has 0 aromatic carbocycles. The number of hydrogen-bond acceptors (Lipinski definition) is 1. The van der Waals surface area contributed by atoms with E-state index in [1.54, 1.807) is 0 Å². The van der Waals surface area contributed by atoms with Crippen LogP contribution in [0.4, 0.5) is 0 Å². The SMILES string of the molecule is CCCCCCCCCCCC[N+](C)(C)CCCNC(=O)C12CC3CC(CC(C3)C1)C2.[Br-]. The van der Waals surface area contributed by atoms with Gasteiger partial charge in [0.1, 0.15) is 0 Å². The molecular formula is C28H53BrN2O. The highest BCUT2D eigenvalue weighted by Crippen LogP contribution is 2.60. The van der Waals surface area contributed by atoms with Gasteiger partial charge in [0.25, 0.3) is 0 Å². The van der Waals surface area contributed by atoms with E-state index in [1.807, 2.05) is 0 Å². The quantitative estimate of drug-likeness (QED) is 0.248. The van der Waals surface area contributed by atoms with Gasteiger partial charge in [-0.3, -0.25) is 4.79 Å². The smallest absolute Gasteiger partial charge is 0.226 e. The van der Waals surface area contributed by atoms with Gasteiger partial charge in [0, 0.05) is 18.4 Å². The third kappa shape index (κ3) is 8.60. The van der Waals surface area contributed by atoms with Gasteiger partial charge >= 0.3 is 0 Å². The van der Waals surface area contributed by atoms with Crippen LogP contribution >= 0.6 is 0 Å². The number of rotatable bonds is 16. The molecule has 0 spiro atoms. The molecule has 0 saturated heterocycles. The van der Waals surface area contributed by atoms with Crippen LogP contribution < -0.4 is 22.3 Å². The van der Waals surface area contributed by atoms with Crippen molar-refractivity contribution in [1.82, 2.24) is 5.32 Å². The molecule has 0 atom stereocenters. The summed E-state index contributed by atoms with van der Waals surface area (Å²) >= 11 is 0. The summed E-state index contributed by atoms with van der Waals surface area (Å²) in [7, 11) is 4.74. The van der Waals surface area contributed by atoms with Crippen LogP contribution in [0.1, 0.15) is 116 Å². The Bertz CT molecular complexity index is 512. The van der Waals surface area contributed by atoms with E-state index in [0.29, 0.717) is 5.91 Å². The van der Waals surface area contributed by atoms with Gasteiger partial charge in [0.2, 0.25) is 5.91 Å². The molecule has 32 heavy (non-hydrogen) atoms. The lowest BCUT2D eigenvalue weighted by Crippen LogP contribution is -3.00. The van der Waals surface area contributed by atoms with Crippen LogP contribution in [0, 0.1) is 23.2 Å². The van der Waals surface area contributed by atoms with Crippen molar-refractivity contribution in [2.24, 2.45) is 23.2 Å². The average Bonchev–Trinajstić information content (AvgIpc) is 2.71. The maximum Gasteiger partial charge on any atom is 0.226 e. The Labute approximate surface area is 210 Å². The number of nitrogens with one attached hydrogen (secondary N) is 1. The van der Waals surface area contributed by atoms with Crippen LogP contribution in [0.3, 0.4) is 0 Å². The molecule has 4 aliphatic carbocycles. The second-order valence-electron chi connectivity index (χ2n) is 12.4. The third-order valence-electron chi connectivity index (χ3n) is 8.86. The fraction of sp³-hybridized carbons (Fsp3) is 0.964. The Balaban J connectivity index is 0.00000363. The Morgan fingerprint density at radius 2 is 1.19 bits per heavy atom. The zero-order valence-corrected chi connectivity index (χ0v) is 23.2. The Hall–Kier alpha value is -0.0900. The molecule has 4 aliphatic rings. The predicted octanol–water partition coefficient (Wildman–Crippen LogP) is 3.71. The first-order valence-corrected chi connectivity index (χ1v) is 14.0. The van der Waals surface area contributed by atoms with Crippen molar-refractivity contribution in [3.63, 3.8) is 0 Å². The fourth-order valence-corrected chi connectivity index (χ4v) is 7.42. The minimum atomic E-state index is 0. The number of nitrogens with zero attached hydrogens (tertiary/aromatic N) is 1. The standard InChI is InChI=1S/C28H52N2O.BrH/c1-4-5-6-7-8-9-10-11-12-13-16-30(2,3)17-14-15-29-27(31)28-21-24-18-25(22-28)20-26(19-24)23-28;/h24-26H,4-23H2,1-3H3;1H. The van der Waals surface area contributed by atoms with Crippen LogP contribution in [-0.4, -0.2) is 44.1 Å². The van der Waals surface area contributed by atoms with Crippen molar-refractivity contribution in [3.8, 4) is 0 Å². The maximum absolute atomic E-state index is 13.1. The van der Waals surface area contributed by atoms with E-state index in [1.165, 1.54) is 116 Å². The van der Waals surface area contributed by atoms with Gasteiger partial charge in [-0.2, -0.15) is 0 Å². The Kier molecular flexibility index (Phi) is 12.1. The average molecular weight is 514 g/mol. The number of carbonyl (C=O) groups excluding carboxylic acids is 1. The normalized spacial score (nSPS) is 28.5. The van der Waals surface area contributed by atoms with E-state index >= 15 is 0 Å². The monoisotopic (exact) mass is 512 g/mol. The lowest BCUT2D eigenvalue weighted by atomic mass is 9.49. The van der Waals surface area contributed by atoms with E-state index in [-0.39, 0.29) is 22.4 Å². The number of amides is 1. The van der Waals surface area contributed by atoms with Crippen molar-refractivity contribution in [2.75, 3.05) is 33.7 Å². The predicted molar refractivity (Wildman–Crippen MR) is 132 cm³/mol. The summed E-state index contributed by atoms with van der Waals surface area (Å²) in [5, 5.41) is 3.37. The van der Waals surface area contributed by atoms with Gasteiger partial charge in [-0.05, 0) is 69.1 Å². The summed E-state index contributed by atoms with van der Waals surface area (Å²) < 4.78 is 1.10. The lowest BCUT2D eigenvalue weighted by Gasteiger charge is -2.55. The minimum Gasteiger partial charge on any atom is -1.00 e. The van der Waals surface area contributed by atoms with Crippen LogP contribution in [0.15, 0.2) is 0 Å². The minimum absolute atomic E-state index is 0. The molecular weight excluding hydrogens is 460 g/mol. The summed E-state index contributed by atoms with van der Waals surface area (Å²) in [5.74, 6) is 2.97. The van der Waals surface area contributed by atoms with Crippen LogP contribution in [0.5, 0.6) is 0 Å². The second-order valence-corrected chi connectivity index (χ2v) is 12.4. The van der Waals surface area contributed by atoms with Crippen molar-refractivity contribution >= 4 is 5.91 Å². The first kappa shape index (κ1) is 28.1. The molecule has 4 rings (SSSR count). The molecule has 0 aliphatic heterocycles. The molecule has 3 nitrogen and oxygen atoms in total. The maximum atomic E-state index is 13.1. The summed E-state index contributed by atoms with van der Waals surface area (Å²) in [4.78, 5) is 13.1. The van der Waals surface area contributed by atoms with Crippen molar-refractivity contribution in [1.29, 1.82) is 0 Å². The van der Waals surface area contributed by atoms with Gasteiger partial charge < -0.3 is 26.8 Å². The van der Waals surface area contributed by atoms with E-state index in [2.05, 4.69) is 26.3 Å². The first-order chi connectivity index (χ1) is 14.9. The number of halogens is 1. The number of hydrogen-bond donors (Lipinski definition) is 1. The number of carbonyl (C=O) groups is 1. The molecule has 4 fully saturated rings. The molecule has 1 amide bonds. The Morgan fingerprint density at radius 1 is 0.750 bits per heavy atom. The highest BCUT2D eigenvalue weighted by Gasteiger charge is 2.54. The Morgan fingerprint density at radius 3 is 1.69 bits per heavy atom. The van der Waals surface area contributed by atoms with Gasteiger partial charge in [-0.25, -0.2) is 0 Å². The zero-order valence-electron chi connectivity index (χ0n) is 21.6. The zero-order chi connectivity index (χ0) is 22.2. The van der Waals surface area contributed by atoms with Gasteiger partial charge in [-0.1, -0.05) is 58.3 Å². The number of quaternary nitrogens is 1. The van der Waals surface area contributed by atoms with E-state index in [9.17, 15) is 4.79 Å². The highest BCUT2D eigenvalue weighted by atomic mass is 79.9. The summed E-state index contributed by atoms with van der Waals surface area (Å²) in [5.41, 5.74) is 0.0229. The van der Waals surface area contributed by atoms with Crippen LogP contribution in [0.25, 0.3) is 0 Å². The summed E-state index contributed by atoms with van der Waals surface area (Å²) in [6.07, 6.45) is 23.0. The van der Waals surface area contributed by atoms with Crippen LogP contribution in [0.2, 0.25) is 0 Å². The third-order valence-corrected chi connectivity index (χ3v) is 8.86. The molecule has 4 bridgehead atoms. The van der Waals surface area contributed by atoms with Crippen molar-refractivity contribution < 1.29 is 26.3 Å². The molecule has 0 radical (unpaired) electrons. The fourth-order valence-electron chi connectivity index (χ4n) is 7.42. The lowest BCUT2D eigenvalue weighted by molar-refractivity contribution is -0.890. The van der Waals surface area contributed by atoms with Crippen molar-refractivity contribution in [3.05, 3.63) is 0 Å².